The van der Waals surface area contributed by atoms with E-state index in [1.807, 2.05) is 11.2 Å². The van der Waals surface area contributed by atoms with Gasteiger partial charge in [-0.05, 0) is 31.6 Å². The van der Waals surface area contributed by atoms with E-state index in [0.717, 1.165) is 19.4 Å². The van der Waals surface area contributed by atoms with E-state index in [1.165, 1.54) is 19.3 Å². The van der Waals surface area contributed by atoms with Crippen LogP contribution in [-0.2, 0) is 14.8 Å². The molecule has 1 saturated carbocycles. The van der Waals surface area contributed by atoms with Crippen molar-refractivity contribution < 1.29 is 13.2 Å². The standard InChI is InChI=1S/C13H23NO3S/c1-13(8-17-9-13)10-18(15,16)14-7-3-6-12(14)11-4-2-5-11/h11-12H,2-10H2,1H3. The molecule has 1 aliphatic carbocycles. The second-order valence-corrected chi connectivity index (χ2v) is 8.49. The normalized spacial score (nSPS) is 33.1. The fraction of sp³-hybridized carbons (Fsp3) is 1.00. The van der Waals surface area contributed by atoms with Gasteiger partial charge in [0, 0.05) is 18.0 Å². The zero-order valence-corrected chi connectivity index (χ0v) is 11.9. The minimum atomic E-state index is -3.10. The summed E-state index contributed by atoms with van der Waals surface area (Å²) in [7, 11) is -3.10. The molecule has 0 aromatic rings. The summed E-state index contributed by atoms with van der Waals surface area (Å²) >= 11 is 0. The van der Waals surface area contributed by atoms with Gasteiger partial charge in [0.1, 0.15) is 0 Å². The number of sulfonamides is 1. The lowest BCUT2D eigenvalue weighted by molar-refractivity contribution is -0.0875. The first-order valence-corrected chi connectivity index (χ1v) is 8.68. The van der Waals surface area contributed by atoms with Crippen LogP contribution in [0, 0.1) is 11.3 Å². The predicted octanol–water partition coefficient (Wildman–Crippen LogP) is 1.62. The van der Waals surface area contributed by atoms with Crippen molar-refractivity contribution in [3.05, 3.63) is 0 Å². The van der Waals surface area contributed by atoms with Crippen molar-refractivity contribution in [3.63, 3.8) is 0 Å². The monoisotopic (exact) mass is 273 g/mol. The molecule has 2 heterocycles. The number of hydrogen-bond acceptors (Lipinski definition) is 3. The smallest absolute Gasteiger partial charge is 0.215 e. The molecule has 0 bridgehead atoms. The van der Waals surface area contributed by atoms with Gasteiger partial charge in [0.2, 0.25) is 10.0 Å². The summed E-state index contributed by atoms with van der Waals surface area (Å²) in [5.41, 5.74) is -0.147. The van der Waals surface area contributed by atoms with Crippen molar-refractivity contribution in [1.29, 1.82) is 0 Å². The maximum Gasteiger partial charge on any atom is 0.215 e. The van der Waals surface area contributed by atoms with Gasteiger partial charge in [0.15, 0.2) is 0 Å². The SMILES string of the molecule is CC1(CS(=O)(=O)N2CCCC2C2CCC2)COC1. The van der Waals surface area contributed by atoms with Gasteiger partial charge in [0.05, 0.1) is 19.0 Å². The van der Waals surface area contributed by atoms with Crippen LogP contribution in [0.1, 0.15) is 39.0 Å². The molecule has 3 rings (SSSR count). The molecular weight excluding hydrogens is 250 g/mol. The third-order valence-corrected chi connectivity index (χ3v) is 6.96. The van der Waals surface area contributed by atoms with Crippen LogP contribution in [0.3, 0.4) is 0 Å². The Morgan fingerprint density at radius 3 is 2.44 bits per heavy atom. The molecule has 1 atom stereocenters. The molecule has 0 amide bonds. The highest BCUT2D eigenvalue weighted by molar-refractivity contribution is 7.89. The second-order valence-electron chi connectivity index (χ2n) is 6.57. The van der Waals surface area contributed by atoms with Gasteiger partial charge >= 0.3 is 0 Å². The summed E-state index contributed by atoms with van der Waals surface area (Å²) in [6.45, 7) is 3.94. The minimum absolute atomic E-state index is 0.147. The van der Waals surface area contributed by atoms with Crippen LogP contribution in [0.15, 0.2) is 0 Å². The largest absolute Gasteiger partial charge is 0.380 e. The summed E-state index contributed by atoms with van der Waals surface area (Å²) < 4.78 is 32.1. The third kappa shape index (κ3) is 2.21. The molecule has 3 fully saturated rings. The van der Waals surface area contributed by atoms with E-state index >= 15 is 0 Å². The highest BCUT2D eigenvalue weighted by Gasteiger charge is 2.45. The molecule has 104 valence electrons. The van der Waals surface area contributed by atoms with Crippen molar-refractivity contribution in [2.45, 2.75) is 45.1 Å². The number of hydrogen-bond donors (Lipinski definition) is 0. The van der Waals surface area contributed by atoms with Crippen molar-refractivity contribution in [1.82, 2.24) is 4.31 Å². The molecular formula is C13H23NO3S. The van der Waals surface area contributed by atoms with Gasteiger partial charge in [-0.25, -0.2) is 8.42 Å². The van der Waals surface area contributed by atoms with E-state index < -0.39 is 10.0 Å². The number of rotatable bonds is 4. The molecule has 18 heavy (non-hydrogen) atoms. The molecule has 4 nitrogen and oxygen atoms in total. The summed E-state index contributed by atoms with van der Waals surface area (Å²) in [5.74, 6) is 0.899. The van der Waals surface area contributed by atoms with E-state index in [4.69, 9.17) is 4.74 Å². The van der Waals surface area contributed by atoms with Crippen LogP contribution in [0.4, 0.5) is 0 Å². The van der Waals surface area contributed by atoms with Crippen LogP contribution in [0.25, 0.3) is 0 Å². The van der Waals surface area contributed by atoms with Crippen molar-refractivity contribution in [2.75, 3.05) is 25.5 Å². The summed E-state index contributed by atoms with van der Waals surface area (Å²) in [5, 5.41) is 0. The lowest BCUT2D eigenvalue weighted by atomic mass is 9.79. The van der Waals surface area contributed by atoms with Crippen LogP contribution in [-0.4, -0.2) is 44.3 Å². The topological polar surface area (TPSA) is 46.6 Å². The van der Waals surface area contributed by atoms with Crippen LogP contribution >= 0.6 is 0 Å². The predicted molar refractivity (Wildman–Crippen MR) is 69.8 cm³/mol. The third-order valence-electron chi connectivity index (χ3n) is 4.73. The molecule has 2 saturated heterocycles. The first-order valence-electron chi connectivity index (χ1n) is 7.08. The molecule has 0 spiro atoms. The Morgan fingerprint density at radius 1 is 1.22 bits per heavy atom. The molecule has 0 aromatic heterocycles. The van der Waals surface area contributed by atoms with E-state index in [9.17, 15) is 8.42 Å². The maximum atomic E-state index is 12.6. The molecule has 0 radical (unpaired) electrons. The van der Waals surface area contributed by atoms with Gasteiger partial charge in [-0.1, -0.05) is 13.3 Å². The minimum Gasteiger partial charge on any atom is -0.380 e. The van der Waals surface area contributed by atoms with E-state index in [2.05, 4.69) is 0 Å². The van der Waals surface area contributed by atoms with Gasteiger partial charge in [-0.2, -0.15) is 4.31 Å². The number of ether oxygens (including phenoxy) is 1. The van der Waals surface area contributed by atoms with E-state index in [0.29, 0.717) is 25.2 Å². The molecule has 3 aliphatic rings. The van der Waals surface area contributed by atoms with Crippen molar-refractivity contribution >= 4 is 10.0 Å². The Balaban J connectivity index is 1.71. The average molecular weight is 273 g/mol. The highest BCUT2D eigenvalue weighted by atomic mass is 32.2. The Hall–Kier alpha value is -0.130. The lowest BCUT2D eigenvalue weighted by Crippen LogP contribution is -2.51. The molecule has 0 aromatic carbocycles. The second kappa shape index (κ2) is 4.46. The van der Waals surface area contributed by atoms with Crippen LogP contribution in [0.5, 0.6) is 0 Å². The van der Waals surface area contributed by atoms with Gasteiger partial charge in [-0.15, -0.1) is 0 Å². The average Bonchev–Trinajstić information content (AvgIpc) is 2.61. The number of nitrogens with zero attached hydrogens (tertiary/aromatic N) is 1. The fourth-order valence-electron chi connectivity index (χ4n) is 3.46. The summed E-state index contributed by atoms with van der Waals surface area (Å²) in [4.78, 5) is 0. The first-order chi connectivity index (χ1) is 8.50. The first kappa shape index (κ1) is 12.9. The lowest BCUT2D eigenvalue weighted by Gasteiger charge is -2.41. The molecule has 5 heteroatoms. The Labute approximate surface area is 110 Å². The van der Waals surface area contributed by atoms with Gasteiger partial charge in [0.25, 0.3) is 0 Å². The Bertz CT molecular complexity index is 412. The van der Waals surface area contributed by atoms with Gasteiger partial charge in [-0.3, -0.25) is 0 Å². The summed E-state index contributed by atoms with van der Waals surface area (Å²) in [6, 6.07) is 0.299. The zero-order valence-electron chi connectivity index (χ0n) is 11.1. The fourth-order valence-corrected chi connectivity index (χ4v) is 5.77. The highest BCUT2D eigenvalue weighted by Crippen LogP contribution is 2.39. The van der Waals surface area contributed by atoms with E-state index in [-0.39, 0.29) is 11.2 Å². The molecule has 1 unspecified atom stereocenters. The van der Waals surface area contributed by atoms with Crippen LogP contribution in [0.2, 0.25) is 0 Å². The molecule has 2 aliphatic heterocycles. The maximum absolute atomic E-state index is 12.6. The van der Waals surface area contributed by atoms with Crippen molar-refractivity contribution in [3.8, 4) is 0 Å². The van der Waals surface area contributed by atoms with E-state index in [1.54, 1.807) is 0 Å². The van der Waals surface area contributed by atoms with Crippen molar-refractivity contribution in [2.24, 2.45) is 11.3 Å². The van der Waals surface area contributed by atoms with Gasteiger partial charge < -0.3 is 4.74 Å². The molecule has 0 N–H and O–H groups in total. The summed E-state index contributed by atoms with van der Waals surface area (Å²) in [6.07, 6.45) is 5.82. The Kier molecular flexibility index (Phi) is 3.19. The quantitative estimate of drug-likeness (QED) is 0.782. The van der Waals surface area contributed by atoms with Crippen LogP contribution < -0.4 is 0 Å². The Morgan fingerprint density at radius 2 is 1.94 bits per heavy atom. The zero-order chi connectivity index (χ0) is 12.8.